The molecule has 158 valence electrons. The molecule has 2 aromatic carbocycles. The molecule has 0 spiro atoms. The van der Waals surface area contributed by atoms with Crippen LogP contribution in [0.3, 0.4) is 0 Å². The number of hydrogen-bond acceptors (Lipinski definition) is 5. The number of aliphatic carboxylic acids is 1. The summed E-state index contributed by atoms with van der Waals surface area (Å²) in [4.78, 5) is 11.0. The summed E-state index contributed by atoms with van der Waals surface area (Å²) in [5.74, 6) is -0.753. The number of benzene rings is 2. The van der Waals surface area contributed by atoms with E-state index in [0.29, 0.717) is 16.3 Å². The first kappa shape index (κ1) is 21.9. The van der Waals surface area contributed by atoms with Crippen molar-refractivity contribution in [2.24, 2.45) is 0 Å². The molecule has 2 aromatic rings. The molecule has 1 aliphatic heterocycles. The largest absolute Gasteiger partial charge is 0.481 e. The Morgan fingerprint density at radius 3 is 2.59 bits per heavy atom. The van der Waals surface area contributed by atoms with Crippen LogP contribution in [0.5, 0.6) is 0 Å². The minimum atomic E-state index is -3.22. The van der Waals surface area contributed by atoms with Gasteiger partial charge < -0.3 is 10.4 Å². The van der Waals surface area contributed by atoms with Crippen molar-refractivity contribution in [2.45, 2.75) is 43.0 Å². The third-order valence-electron chi connectivity index (χ3n) is 5.22. The van der Waals surface area contributed by atoms with Gasteiger partial charge in [-0.25, -0.2) is 0 Å². The van der Waals surface area contributed by atoms with Crippen LogP contribution < -0.4 is 9.62 Å². The summed E-state index contributed by atoms with van der Waals surface area (Å²) < 4.78 is 23.5. The van der Waals surface area contributed by atoms with E-state index in [0.717, 1.165) is 42.6 Å². The zero-order valence-electron chi connectivity index (χ0n) is 16.3. The number of carboxylic acids is 1. The second-order valence-corrected chi connectivity index (χ2v) is 9.66. The number of fused-ring (bicyclic) bond motifs is 2. The maximum absolute atomic E-state index is 11.0. The fourth-order valence-electron chi connectivity index (χ4n) is 3.68. The third kappa shape index (κ3) is 4.87. The van der Waals surface area contributed by atoms with Crippen LogP contribution in [0.15, 0.2) is 47.4 Å². The summed E-state index contributed by atoms with van der Waals surface area (Å²) in [5, 5.41) is 12.7. The molecule has 3 rings (SSSR count). The molecule has 8 heteroatoms. The molecule has 0 saturated carbocycles. The van der Waals surface area contributed by atoms with Crippen LogP contribution in [0.1, 0.15) is 49.3 Å². The molecule has 0 fully saturated rings. The number of carbonyl (C=O) groups is 1. The SMILES string of the molecule is CN1c2ccccc2[C@H](NCCCCCCC(=O)O)c2ccc(Cl)cc2S1(O)O. The van der Waals surface area contributed by atoms with Crippen molar-refractivity contribution in [3.8, 4) is 0 Å². The smallest absolute Gasteiger partial charge is 0.303 e. The van der Waals surface area contributed by atoms with E-state index in [1.165, 1.54) is 4.31 Å². The molecule has 0 bridgehead atoms. The van der Waals surface area contributed by atoms with Gasteiger partial charge in [-0.05, 0) is 48.7 Å². The maximum atomic E-state index is 11.0. The minimum Gasteiger partial charge on any atom is -0.481 e. The van der Waals surface area contributed by atoms with Crippen molar-refractivity contribution in [1.82, 2.24) is 5.32 Å². The highest BCUT2D eigenvalue weighted by molar-refractivity contribution is 8.25. The Bertz CT molecular complexity index is 878. The van der Waals surface area contributed by atoms with Crippen LogP contribution in [0.2, 0.25) is 5.02 Å². The predicted molar refractivity (Wildman–Crippen MR) is 118 cm³/mol. The number of carboxylic acid groups (broad SMARTS) is 1. The molecule has 0 radical (unpaired) electrons. The molecule has 29 heavy (non-hydrogen) atoms. The fraction of sp³-hybridized carbons (Fsp3) is 0.381. The number of anilines is 1. The van der Waals surface area contributed by atoms with Crippen molar-refractivity contribution >= 4 is 34.0 Å². The quantitative estimate of drug-likeness (QED) is 0.405. The van der Waals surface area contributed by atoms with Crippen molar-refractivity contribution < 1.29 is 19.0 Å². The van der Waals surface area contributed by atoms with E-state index in [1.807, 2.05) is 30.3 Å². The second kappa shape index (κ2) is 9.36. The lowest BCUT2D eigenvalue weighted by Crippen LogP contribution is -2.24. The van der Waals surface area contributed by atoms with Gasteiger partial charge in [0, 0.05) is 18.5 Å². The average Bonchev–Trinajstić information content (AvgIpc) is 2.75. The number of para-hydroxylation sites is 1. The van der Waals surface area contributed by atoms with Crippen molar-refractivity contribution in [2.75, 3.05) is 17.9 Å². The Balaban J connectivity index is 1.83. The van der Waals surface area contributed by atoms with E-state index in [9.17, 15) is 13.9 Å². The average molecular weight is 439 g/mol. The molecule has 1 atom stereocenters. The summed E-state index contributed by atoms with van der Waals surface area (Å²) in [6.45, 7) is 0.733. The molecule has 1 aliphatic rings. The summed E-state index contributed by atoms with van der Waals surface area (Å²) in [7, 11) is -1.54. The predicted octanol–water partition coefficient (Wildman–Crippen LogP) is 5.53. The van der Waals surface area contributed by atoms with Gasteiger partial charge in [0.1, 0.15) is 0 Å². The van der Waals surface area contributed by atoms with E-state index in [2.05, 4.69) is 5.32 Å². The van der Waals surface area contributed by atoms with Crippen LogP contribution in [-0.4, -0.2) is 33.8 Å². The van der Waals surface area contributed by atoms with Gasteiger partial charge in [-0.15, -0.1) is 0 Å². The minimum absolute atomic E-state index is 0.200. The lowest BCUT2D eigenvalue weighted by atomic mass is 9.96. The van der Waals surface area contributed by atoms with E-state index in [1.54, 1.807) is 19.2 Å². The number of nitrogens with zero attached hydrogens (tertiary/aromatic N) is 1. The monoisotopic (exact) mass is 438 g/mol. The van der Waals surface area contributed by atoms with E-state index >= 15 is 0 Å². The maximum Gasteiger partial charge on any atom is 0.303 e. The van der Waals surface area contributed by atoms with Crippen molar-refractivity contribution in [1.29, 1.82) is 0 Å². The molecule has 0 aliphatic carbocycles. The van der Waals surface area contributed by atoms with Crippen molar-refractivity contribution in [3.05, 3.63) is 58.6 Å². The van der Waals surface area contributed by atoms with Gasteiger partial charge in [-0.2, -0.15) is 0 Å². The van der Waals surface area contributed by atoms with E-state index in [4.69, 9.17) is 16.7 Å². The number of unbranched alkanes of at least 4 members (excludes halogenated alkanes) is 3. The molecule has 0 saturated heterocycles. The molecule has 0 amide bonds. The highest BCUT2D eigenvalue weighted by Gasteiger charge is 2.35. The zero-order chi connectivity index (χ0) is 21.0. The first-order valence-electron chi connectivity index (χ1n) is 9.68. The Hall–Kier alpha value is -1.77. The van der Waals surface area contributed by atoms with E-state index in [-0.39, 0.29) is 12.5 Å². The molecule has 6 nitrogen and oxygen atoms in total. The number of halogens is 1. The van der Waals surface area contributed by atoms with Crippen LogP contribution in [0.25, 0.3) is 0 Å². The highest BCUT2D eigenvalue weighted by atomic mass is 35.5. The summed E-state index contributed by atoms with van der Waals surface area (Å²) in [6.07, 6.45) is 3.63. The third-order valence-corrected chi connectivity index (χ3v) is 7.36. The molecule has 0 aromatic heterocycles. The summed E-state index contributed by atoms with van der Waals surface area (Å²) >= 11 is 6.17. The second-order valence-electron chi connectivity index (χ2n) is 7.20. The van der Waals surface area contributed by atoms with Crippen LogP contribution in [-0.2, 0) is 4.79 Å². The molecule has 4 N–H and O–H groups in total. The number of rotatable bonds is 8. The first-order chi connectivity index (χ1) is 13.8. The molecule has 0 unspecified atom stereocenters. The molecule has 1 heterocycles. The lowest BCUT2D eigenvalue weighted by molar-refractivity contribution is -0.137. The van der Waals surface area contributed by atoms with Gasteiger partial charge in [0.15, 0.2) is 0 Å². The Kier molecular flexibility index (Phi) is 7.08. The highest BCUT2D eigenvalue weighted by Crippen LogP contribution is 2.59. The van der Waals surface area contributed by atoms with Gasteiger partial charge in [-0.3, -0.25) is 18.2 Å². The van der Waals surface area contributed by atoms with Crippen LogP contribution >= 0.6 is 22.4 Å². The molecular weight excluding hydrogens is 412 g/mol. The number of hydrogen-bond donors (Lipinski definition) is 4. The van der Waals surface area contributed by atoms with Gasteiger partial charge in [0.2, 0.25) is 0 Å². The first-order valence-corrected chi connectivity index (χ1v) is 11.6. The lowest BCUT2D eigenvalue weighted by Gasteiger charge is -2.41. The van der Waals surface area contributed by atoms with E-state index < -0.39 is 16.7 Å². The zero-order valence-corrected chi connectivity index (χ0v) is 17.9. The Morgan fingerprint density at radius 2 is 1.83 bits per heavy atom. The summed E-state index contributed by atoms with van der Waals surface area (Å²) in [6, 6.07) is 12.8. The van der Waals surface area contributed by atoms with Crippen LogP contribution in [0.4, 0.5) is 5.69 Å². The Morgan fingerprint density at radius 1 is 1.10 bits per heavy atom. The number of nitrogens with one attached hydrogen (secondary N) is 1. The molecular formula is C21H27ClN2O4S. The van der Waals surface area contributed by atoms with Gasteiger partial charge >= 0.3 is 5.97 Å². The Labute approximate surface area is 178 Å². The summed E-state index contributed by atoms with van der Waals surface area (Å²) in [5.41, 5.74) is 2.54. The topological polar surface area (TPSA) is 93.0 Å². The standard InChI is InChI=1S/C21H27ClN2O4S/c1-24-18-9-6-5-8-16(18)21(23-13-7-3-2-4-10-20(25)26)17-12-11-15(22)14-19(17)29(24,27)28/h5-6,8-9,11-12,14,21,23,27-28H,2-4,7,10,13H2,1H3,(H,25,26)/t21-/m0/s1. The fourth-order valence-corrected chi connectivity index (χ4v) is 5.44. The normalized spacial score (nSPS) is 18.5. The van der Waals surface area contributed by atoms with Gasteiger partial charge in [0.25, 0.3) is 0 Å². The van der Waals surface area contributed by atoms with Crippen molar-refractivity contribution in [3.63, 3.8) is 0 Å². The van der Waals surface area contributed by atoms with Crippen LogP contribution in [0, 0.1) is 0 Å². The van der Waals surface area contributed by atoms with Gasteiger partial charge in [0.05, 0.1) is 16.6 Å². The van der Waals surface area contributed by atoms with Gasteiger partial charge in [-0.1, -0.05) is 59.5 Å².